The molecule has 10 heteroatoms. The first kappa shape index (κ1) is 15.7. The van der Waals surface area contributed by atoms with Crippen molar-refractivity contribution >= 4 is 50.4 Å². The predicted molar refractivity (Wildman–Crippen MR) is 94.4 cm³/mol. The van der Waals surface area contributed by atoms with Gasteiger partial charge in [0.25, 0.3) is 0 Å². The molecule has 120 valence electrons. The van der Waals surface area contributed by atoms with Crippen LogP contribution >= 0.6 is 15.9 Å². The van der Waals surface area contributed by atoms with E-state index in [0.717, 1.165) is 4.47 Å². The molecule has 0 radical (unpaired) electrons. The number of rotatable bonds is 3. The van der Waals surface area contributed by atoms with Crippen LogP contribution in [0.25, 0.3) is 5.65 Å². The fourth-order valence-electron chi connectivity index (χ4n) is 2.12. The maximum Gasteiger partial charge on any atom is 0.189 e. The summed E-state index contributed by atoms with van der Waals surface area (Å²) >= 11 is 3.35. The van der Waals surface area contributed by atoms with Crippen molar-refractivity contribution < 1.29 is 0 Å². The number of hydrogen-bond donors (Lipinski definition) is 3. The molecule has 0 unspecified atom stereocenters. The first-order chi connectivity index (χ1) is 11.5. The van der Waals surface area contributed by atoms with E-state index in [4.69, 9.17) is 11.5 Å². The zero-order chi connectivity index (χ0) is 17.3. The van der Waals surface area contributed by atoms with Crippen molar-refractivity contribution in [1.82, 2.24) is 14.6 Å². The summed E-state index contributed by atoms with van der Waals surface area (Å²) in [7, 11) is 1.65. The molecule has 1 aromatic carbocycles. The van der Waals surface area contributed by atoms with E-state index in [9.17, 15) is 5.26 Å². The highest BCUT2D eigenvalue weighted by molar-refractivity contribution is 9.10. The fraction of sp³-hybridized carbons (Fsp3) is 0.0714. The van der Waals surface area contributed by atoms with E-state index in [2.05, 4.69) is 41.6 Å². The molecular weight excluding hydrogens is 374 g/mol. The van der Waals surface area contributed by atoms with Crippen molar-refractivity contribution in [3.8, 4) is 6.07 Å². The van der Waals surface area contributed by atoms with Crippen LogP contribution in [0, 0.1) is 11.3 Å². The van der Waals surface area contributed by atoms with Gasteiger partial charge >= 0.3 is 0 Å². The van der Waals surface area contributed by atoms with E-state index >= 15 is 0 Å². The number of azo groups is 1. The largest absolute Gasteiger partial charge is 0.382 e. The molecule has 5 N–H and O–H groups in total. The maximum atomic E-state index is 9.21. The minimum absolute atomic E-state index is 0.0642. The van der Waals surface area contributed by atoms with Crippen LogP contribution in [0.5, 0.6) is 0 Å². The van der Waals surface area contributed by atoms with Gasteiger partial charge in [0.1, 0.15) is 17.5 Å². The summed E-state index contributed by atoms with van der Waals surface area (Å²) in [4.78, 5) is 4.18. The lowest BCUT2D eigenvalue weighted by Crippen LogP contribution is -2.07. The SMILES string of the molecule is CNc1c(C#N)c(N)nc2c(N=Nc3ccc(Br)cc3)c(N)nn12. The van der Waals surface area contributed by atoms with E-state index < -0.39 is 0 Å². The zero-order valence-electron chi connectivity index (χ0n) is 12.5. The molecule has 24 heavy (non-hydrogen) atoms. The molecule has 3 rings (SSSR count). The number of halogens is 1. The van der Waals surface area contributed by atoms with Crippen molar-refractivity contribution in [3.63, 3.8) is 0 Å². The van der Waals surface area contributed by atoms with Crippen LogP contribution in [0.15, 0.2) is 39.0 Å². The second-order valence-corrected chi connectivity index (χ2v) is 5.64. The Kier molecular flexibility index (Phi) is 4.01. The van der Waals surface area contributed by atoms with Crippen LogP contribution in [-0.4, -0.2) is 21.6 Å². The fourth-order valence-corrected chi connectivity index (χ4v) is 2.39. The van der Waals surface area contributed by atoms with Crippen molar-refractivity contribution in [3.05, 3.63) is 34.3 Å². The Morgan fingerprint density at radius 3 is 2.54 bits per heavy atom. The van der Waals surface area contributed by atoms with Crippen molar-refractivity contribution in [1.29, 1.82) is 5.26 Å². The molecule has 0 amide bonds. The van der Waals surface area contributed by atoms with Gasteiger partial charge in [-0.25, -0.2) is 4.98 Å². The van der Waals surface area contributed by atoms with Gasteiger partial charge in [-0.2, -0.15) is 14.9 Å². The topological polar surface area (TPSA) is 143 Å². The van der Waals surface area contributed by atoms with E-state index in [1.807, 2.05) is 18.2 Å². The van der Waals surface area contributed by atoms with Gasteiger partial charge in [0.15, 0.2) is 23.0 Å². The molecule has 0 saturated carbocycles. The molecule has 0 aliphatic heterocycles. The average Bonchev–Trinajstić information content (AvgIpc) is 2.88. The van der Waals surface area contributed by atoms with Crippen molar-refractivity contribution in [2.24, 2.45) is 10.2 Å². The second kappa shape index (κ2) is 6.13. The molecule has 0 atom stereocenters. The van der Waals surface area contributed by atoms with Gasteiger partial charge in [-0.1, -0.05) is 15.9 Å². The molecule has 9 nitrogen and oxygen atoms in total. The normalized spacial score (nSPS) is 11.0. The lowest BCUT2D eigenvalue weighted by molar-refractivity contribution is 0.947. The summed E-state index contributed by atoms with van der Waals surface area (Å²) in [6, 6.07) is 9.28. The average molecular weight is 386 g/mol. The van der Waals surface area contributed by atoms with E-state index in [1.165, 1.54) is 4.52 Å². The molecule has 0 saturated heterocycles. The summed E-state index contributed by atoms with van der Waals surface area (Å²) < 4.78 is 2.33. The Morgan fingerprint density at radius 1 is 1.21 bits per heavy atom. The lowest BCUT2D eigenvalue weighted by Gasteiger charge is -2.07. The number of nitrogens with one attached hydrogen (secondary N) is 1. The van der Waals surface area contributed by atoms with Gasteiger partial charge in [0.2, 0.25) is 0 Å². The second-order valence-electron chi connectivity index (χ2n) is 4.73. The standard InChI is InChI=1S/C14H12BrN9/c1-19-13-9(6-16)11(17)20-14-10(12(18)23-24(13)14)22-21-8-4-2-7(15)3-5-8/h2-5,19H,1H3,(H2,17,20)(H2,18,23). The highest BCUT2D eigenvalue weighted by Gasteiger charge is 2.19. The van der Waals surface area contributed by atoms with Crippen LogP contribution < -0.4 is 16.8 Å². The van der Waals surface area contributed by atoms with E-state index in [-0.39, 0.29) is 22.9 Å². The van der Waals surface area contributed by atoms with E-state index in [1.54, 1.807) is 19.2 Å². The monoisotopic (exact) mass is 385 g/mol. The number of nitrogen functional groups attached to an aromatic ring is 2. The molecule has 0 aliphatic carbocycles. The number of nitriles is 1. The number of nitrogens with two attached hydrogens (primary N) is 2. The Balaban J connectivity index is 2.15. The number of anilines is 3. The summed E-state index contributed by atoms with van der Waals surface area (Å²) in [5.74, 6) is 0.584. The Labute approximate surface area is 145 Å². The van der Waals surface area contributed by atoms with Crippen molar-refractivity contribution in [2.75, 3.05) is 23.8 Å². The van der Waals surface area contributed by atoms with Crippen LogP contribution in [0.1, 0.15) is 5.56 Å². The van der Waals surface area contributed by atoms with Crippen molar-refractivity contribution in [2.45, 2.75) is 0 Å². The number of hydrogen-bond acceptors (Lipinski definition) is 8. The molecule has 2 aromatic heterocycles. The first-order valence-electron chi connectivity index (χ1n) is 6.78. The molecule has 0 bridgehead atoms. The minimum Gasteiger partial charge on any atom is -0.382 e. The highest BCUT2D eigenvalue weighted by atomic mass is 79.9. The van der Waals surface area contributed by atoms with E-state index in [0.29, 0.717) is 17.2 Å². The van der Waals surface area contributed by atoms with Gasteiger partial charge in [-0.05, 0) is 24.3 Å². The third kappa shape index (κ3) is 2.61. The quantitative estimate of drug-likeness (QED) is 0.591. The van der Waals surface area contributed by atoms with Gasteiger partial charge in [0, 0.05) is 11.5 Å². The number of benzene rings is 1. The van der Waals surface area contributed by atoms with Gasteiger partial charge in [-0.15, -0.1) is 10.2 Å². The predicted octanol–water partition coefficient (Wildman–Crippen LogP) is 2.98. The summed E-state index contributed by atoms with van der Waals surface area (Å²) in [5, 5.41) is 24.5. The Hall–Kier alpha value is -3.19. The molecule has 2 heterocycles. The molecule has 0 fully saturated rings. The summed E-state index contributed by atoms with van der Waals surface area (Å²) in [6.07, 6.45) is 0. The summed E-state index contributed by atoms with van der Waals surface area (Å²) in [6.45, 7) is 0. The number of fused-ring (bicyclic) bond motifs is 1. The van der Waals surface area contributed by atoms with Gasteiger partial charge in [0.05, 0.1) is 5.69 Å². The van der Waals surface area contributed by atoms with Crippen LogP contribution in [-0.2, 0) is 0 Å². The van der Waals surface area contributed by atoms with Gasteiger partial charge < -0.3 is 16.8 Å². The minimum atomic E-state index is 0.0642. The third-order valence-corrected chi connectivity index (χ3v) is 3.76. The van der Waals surface area contributed by atoms with Crippen LogP contribution in [0.2, 0.25) is 0 Å². The third-order valence-electron chi connectivity index (χ3n) is 3.23. The Morgan fingerprint density at radius 2 is 1.92 bits per heavy atom. The van der Waals surface area contributed by atoms with Gasteiger partial charge in [-0.3, -0.25) is 0 Å². The maximum absolute atomic E-state index is 9.21. The highest BCUT2D eigenvalue weighted by Crippen LogP contribution is 2.32. The number of aromatic nitrogens is 3. The van der Waals surface area contributed by atoms with Crippen LogP contribution in [0.3, 0.4) is 0 Å². The first-order valence-corrected chi connectivity index (χ1v) is 7.57. The molecular formula is C14H12BrN9. The molecule has 0 spiro atoms. The smallest absolute Gasteiger partial charge is 0.189 e. The number of nitrogens with zero attached hydrogens (tertiary/aromatic N) is 6. The van der Waals surface area contributed by atoms with Crippen LogP contribution in [0.4, 0.5) is 28.8 Å². The zero-order valence-corrected chi connectivity index (χ0v) is 14.1. The molecule has 3 aromatic rings. The Bertz CT molecular complexity index is 982. The lowest BCUT2D eigenvalue weighted by atomic mass is 10.3. The molecule has 0 aliphatic rings. The summed E-state index contributed by atoms with van der Waals surface area (Å²) in [5.41, 5.74) is 13.2.